The number of aromatic hydroxyl groups is 1. The number of hydrogen-bond acceptors (Lipinski definition) is 6. The monoisotopic (exact) mass is 593 g/mol. The van der Waals surface area contributed by atoms with Crippen molar-refractivity contribution >= 4 is 11.9 Å². The van der Waals surface area contributed by atoms with Crippen molar-refractivity contribution in [3.63, 3.8) is 0 Å². The van der Waals surface area contributed by atoms with Crippen LogP contribution in [0.3, 0.4) is 0 Å². The smallest absolute Gasteiger partial charge is 0.302 e. The van der Waals surface area contributed by atoms with Crippen LogP contribution in [0.5, 0.6) is 11.5 Å². The van der Waals surface area contributed by atoms with Gasteiger partial charge in [0.2, 0.25) is 5.91 Å². The first-order valence-electron chi connectivity index (χ1n) is 16.6. The fourth-order valence-electron chi connectivity index (χ4n) is 6.44. The summed E-state index contributed by atoms with van der Waals surface area (Å²) in [7, 11) is 0. The molecule has 2 aromatic rings. The normalized spacial score (nSPS) is 16.9. The van der Waals surface area contributed by atoms with Crippen molar-refractivity contribution in [2.75, 3.05) is 6.54 Å². The minimum Gasteiger partial charge on any atom is -0.504 e. The molecule has 0 bridgehead atoms. The summed E-state index contributed by atoms with van der Waals surface area (Å²) in [5, 5.41) is 21.8. The summed E-state index contributed by atoms with van der Waals surface area (Å²) in [4.78, 5) is 26.0. The third-order valence-corrected chi connectivity index (χ3v) is 8.81. The molecule has 2 unspecified atom stereocenters. The fourth-order valence-corrected chi connectivity index (χ4v) is 6.44. The van der Waals surface area contributed by atoms with Crippen LogP contribution in [0.1, 0.15) is 114 Å². The Morgan fingerprint density at radius 1 is 0.953 bits per heavy atom. The van der Waals surface area contributed by atoms with E-state index < -0.39 is 12.2 Å². The van der Waals surface area contributed by atoms with Crippen molar-refractivity contribution in [1.82, 2.24) is 4.90 Å². The maximum absolute atomic E-state index is 12.3. The molecule has 0 spiro atoms. The van der Waals surface area contributed by atoms with Crippen LogP contribution in [0.25, 0.3) is 0 Å². The number of carbonyl (C=O) groups excluding carboxylic acids is 2. The predicted octanol–water partition coefficient (Wildman–Crippen LogP) is 7.03. The number of benzene rings is 2. The van der Waals surface area contributed by atoms with Crippen LogP contribution in [-0.4, -0.2) is 51.8 Å². The summed E-state index contributed by atoms with van der Waals surface area (Å²) in [6.07, 6.45) is 13.7. The second-order valence-corrected chi connectivity index (χ2v) is 12.5. The Hall–Kier alpha value is -3.06. The molecule has 43 heavy (non-hydrogen) atoms. The van der Waals surface area contributed by atoms with Gasteiger partial charge in [-0.1, -0.05) is 62.1 Å². The Morgan fingerprint density at radius 2 is 1.70 bits per heavy atom. The molecule has 0 aromatic heterocycles. The molecule has 4 rings (SSSR count). The Bertz CT molecular complexity index is 1150. The molecule has 1 heterocycles. The lowest BCUT2D eigenvalue weighted by Gasteiger charge is -2.22. The van der Waals surface area contributed by atoms with Gasteiger partial charge in [0.1, 0.15) is 6.10 Å². The number of phenols is 1. The van der Waals surface area contributed by atoms with Gasteiger partial charge in [0, 0.05) is 38.4 Å². The molecule has 2 N–H and O–H groups in total. The fraction of sp³-hybridized carbons (Fsp3) is 0.611. The number of aliphatic hydroxyl groups is 1. The second kappa shape index (κ2) is 17.3. The molecule has 2 atom stereocenters. The van der Waals surface area contributed by atoms with E-state index in [1.54, 1.807) is 4.90 Å². The van der Waals surface area contributed by atoms with Crippen molar-refractivity contribution in [3.05, 3.63) is 59.2 Å². The molecule has 7 nitrogen and oxygen atoms in total. The highest BCUT2D eigenvalue weighted by Crippen LogP contribution is 2.37. The average molecular weight is 594 g/mol. The first-order chi connectivity index (χ1) is 20.9. The third kappa shape index (κ3) is 11.2. The van der Waals surface area contributed by atoms with Gasteiger partial charge in [-0.05, 0) is 81.4 Å². The third-order valence-electron chi connectivity index (χ3n) is 8.81. The average Bonchev–Trinajstić information content (AvgIpc) is 3.65. The van der Waals surface area contributed by atoms with Gasteiger partial charge in [-0.3, -0.25) is 9.59 Å². The van der Waals surface area contributed by atoms with Crippen LogP contribution < -0.4 is 4.74 Å². The van der Waals surface area contributed by atoms with E-state index >= 15 is 0 Å². The quantitative estimate of drug-likeness (QED) is 0.142. The van der Waals surface area contributed by atoms with E-state index in [1.807, 2.05) is 18.2 Å². The Labute approximate surface area is 257 Å². The number of aryl methyl sites for hydroxylation is 2. The SMILES string of the molecule is CC(=O)OC(CCc1cc(CN2CCCC2=O)c(O)c(OC2CCCC2)c1)CC(O)CCCCCCCc1ccccc1. The van der Waals surface area contributed by atoms with Crippen LogP contribution in [0, 0.1) is 0 Å². The molecule has 2 aromatic carbocycles. The number of rotatable bonds is 18. The van der Waals surface area contributed by atoms with E-state index in [-0.39, 0.29) is 23.7 Å². The van der Waals surface area contributed by atoms with Crippen LogP contribution in [0.15, 0.2) is 42.5 Å². The molecule has 1 amide bonds. The first kappa shape index (κ1) is 32.8. The van der Waals surface area contributed by atoms with Crippen LogP contribution in [-0.2, 0) is 33.7 Å². The molecule has 1 saturated carbocycles. The van der Waals surface area contributed by atoms with E-state index in [9.17, 15) is 19.8 Å². The molecule has 236 valence electrons. The molecule has 2 aliphatic rings. The Kier molecular flexibility index (Phi) is 13.2. The van der Waals surface area contributed by atoms with E-state index in [0.717, 1.165) is 63.4 Å². The largest absolute Gasteiger partial charge is 0.504 e. The number of amides is 1. The van der Waals surface area contributed by atoms with E-state index in [1.165, 1.54) is 25.3 Å². The lowest BCUT2D eigenvalue weighted by molar-refractivity contribution is -0.148. The number of aliphatic hydroxyl groups excluding tert-OH is 1. The van der Waals surface area contributed by atoms with Gasteiger partial charge in [0.05, 0.1) is 12.2 Å². The zero-order valence-electron chi connectivity index (χ0n) is 26.0. The standard InChI is InChI=1S/C36H51NO6/c1-27(38)42-33(25-31(39)16-9-4-2-3-6-13-28-14-7-5-8-15-28)21-20-29-23-30(26-37-22-12-19-35(37)40)36(41)34(24-29)43-32-17-10-11-18-32/h5,7-8,14-15,23-24,31-33,39,41H,2-4,6,9-13,16-22,25-26H2,1H3. The van der Waals surface area contributed by atoms with E-state index in [0.29, 0.717) is 56.5 Å². The summed E-state index contributed by atoms with van der Waals surface area (Å²) in [5.74, 6) is 0.347. The van der Waals surface area contributed by atoms with Crippen molar-refractivity contribution < 1.29 is 29.3 Å². The maximum atomic E-state index is 12.3. The minimum atomic E-state index is -0.522. The van der Waals surface area contributed by atoms with Gasteiger partial charge in [-0.25, -0.2) is 0 Å². The molecule has 1 aliphatic carbocycles. The number of phenolic OH excluding ortho intramolecular Hbond substituents is 1. The van der Waals surface area contributed by atoms with Crippen LogP contribution in [0.4, 0.5) is 0 Å². The summed E-state index contributed by atoms with van der Waals surface area (Å²) < 4.78 is 11.9. The molecule has 1 saturated heterocycles. The van der Waals surface area contributed by atoms with Gasteiger partial charge in [-0.15, -0.1) is 0 Å². The number of hydrogen-bond donors (Lipinski definition) is 2. The van der Waals surface area contributed by atoms with E-state index in [4.69, 9.17) is 9.47 Å². The summed E-state index contributed by atoms with van der Waals surface area (Å²) >= 11 is 0. The molecule has 7 heteroatoms. The number of carbonyl (C=O) groups is 2. The second-order valence-electron chi connectivity index (χ2n) is 12.5. The van der Waals surface area contributed by atoms with Crippen LogP contribution >= 0.6 is 0 Å². The van der Waals surface area contributed by atoms with Crippen molar-refractivity contribution in [3.8, 4) is 11.5 Å². The first-order valence-corrected chi connectivity index (χ1v) is 16.6. The number of unbranched alkanes of at least 4 members (excludes halogenated alkanes) is 4. The molecule has 1 aliphatic heterocycles. The Morgan fingerprint density at radius 3 is 2.42 bits per heavy atom. The van der Waals surface area contributed by atoms with Gasteiger partial charge in [0.25, 0.3) is 0 Å². The number of ether oxygens (including phenoxy) is 2. The van der Waals surface area contributed by atoms with Gasteiger partial charge in [-0.2, -0.15) is 0 Å². The number of esters is 1. The van der Waals surface area contributed by atoms with Crippen LogP contribution in [0.2, 0.25) is 0 Å². The van der Waals surface area contributed by atoms with Crippen molar-refractivity contribution in [1.29, 1.82) is 0 Å². The highest BCUT2D eigenvalue weighted by Gasteiger charge is 2.25. The van der Waals surface area contributed by atoms with Crippen molar-refractivity contribution in [2.24, 2.45) is 0 Å². The molecule has 0 radical (unpaired) electrons. The number of nitrogens with zero attached hydrogens (tertiary/aromatic N) is 1. The predicted molar refractivity (Wildman–Crippen MR) is 168 cm³/mol. The summed E-state index contributed by atoms with van der Waals surface area (Å²) in [5.41, 5.74) is 3.04. The van der Waals surface area contributed by atoms with Gasteiger partial charge < -0.3 is 24.6 Å². The summed E-state index contributed by atoms with van der Waals surface area (Å²) in [6, 6.07) is 14.4. The van der Waals surface area contributed by atoms with Gasteiger partial charge >= 0.3 is 5.97 Å². The van der Waals surface area contributed by atoms with Gasteiger partial charge in [0.15, 0.2) is 11.5 Å². The summed E-state index contributed by atoms with van der Waals surface area (Å²) in [6.45, 7) is 2.47. The minimum absolute atomic E-state index is 0.0928. The number of likely N-dealkylation sites (tertiary alicyclic amines) is 1. The molecular formula is C36H51NO6. The zero-order chi connectivity index (χ0) is 30.4. The highest BCUT2D eigenvalue weighted by atomic mass is 16.5. The lowest BCUT2D eigenvalue weighted by Crippen LogP contribution is -2.24. The Balaban J connectivity index is 1.28. The highest BCUT2D eigenvalue weighted by molar-refractivity contribution is 5.78. The van der Waals surface area contributed by atoms with Crippen molar-refractivity contribution in [2.45, 2.75) is 135 Å². The maximum Gasteiger partial charge on any atom is 0.302 e. The zero-order valence-corrected chi connectivity index (χ0v) is 26.0. The molecule has 2 fully saturated rings. The molecular weight excluding hydrogens is 542 g/mol. The van der Waals surface area contributed by atoms with E-state index in [2.05, 4.69) is 24.3 Å². The lowest BCUT2D eigenvalue weighted by atomic mass is 9.97. The topological polar surface area (TPSA) is 96.3 Å².